The quantitative estimate of drug-likeness (QED) is 0.785. The molecule has 0 unspecified atom stereocenters. The highest BCUT2D eigenvalue weighted by Crippen LogP contribution is 2.32. The fraction of sp³-hybridized carbons (Fsp3) is 0.143. The molecule has 0 fully saturated rings. The zero-order valence-corrected chi connectivity index (χ0v) is 12.4. The zero-order valence-electron chi connectivity index (χ0n) is 11.6. The van der Waals surface area contributed by atoms with Crippen LogP contribution in [0.25, 0.3) is 21.6 Å². The number of hydrogen-bond acceptors (Lipinski definition) is 6. The number of carbonyl (C=O) groups excluding carboxylic acids is 1. The van der Waals surface area contributed by atoms with Gasteiger partial charge in [0.2, 0.25) is 5.91 Å². The molecule has 2 heterocycles. The van der Waals surface area contributed by atoms with Crippen LogP contribution in [0.3, 0.4) is 0 Å². The molecule has 1 aromatic carbocycles. The van der Waals surface area contributed by atoms with Crippen LogP contribution in [0.4, 0.5) is 10.9 Å². The Morgan fingerprint density at radius 1 is 1.29 bits per heavy atom. The van der Waals surface area contributed by atoms with Gasteiger partial charge in [-0.05, 0) is 18.2 Å². The van der Waals surface area contributed by atoms with Crippen molar-refractivity contribution < 1.29 is 4.79 Å². The van der Waals surface area contributed by atoms with E-state index in [1.54, 1.807) is 19.3 Å². The Balaban J connectivity index is 2.15. The van der Waals surface area contributed by atoms with Crippen LogP contribution in [0.2, 0.25) is 0 Å². The van der Waals surface area contributed by atoms with E-state index in [1.807, 2.05) is 18.2 Å². The minimum Gasteiger partial charge on any atom is -0.375 e. The molecule has 0 radical (unpaired) electrons. The number of nitrogen functional groups attached to an aromatic ring is 1. The summed E-state index contributed by atoms with van der Waals surface area (Å²) in [5.74, 6) is 1.02. The number of anilines is 2. The number of nitrogens with zero attached hydrogens (tertiary/aromatic N) is 4. The van der Waals surface area contributed by atoms with E-state index in [1.165, 1.54) is 23.2 Å². The Bertz CT molecular complexity index is 829. The molecule has 6 nitrogen and oxygen atoms in total. The zero-order chi connectivity index (χ0) is 15.0. The van der Waals surface area contributed by atoms with Crippen LogP contribution in [0.1, 0.15) is 6.92 Å². The summed E-state index contributed by atoms with van der Waals surface area (Å²) in [5.41, 5.74) is 7.45. The van der Waals surface area contributed by atoms with Crippen LogP contribution < -0.4 is 10.6 Å². The molecule has 7 heteroatoms. The Kier molecular flexibility index (Phi) is 3.26. The van der Waals surface area contributed by atoms with Crippen LogP contribution in [0, 0.1) is 0 Å². The third-order valence-electron chi connectivity index (χ3n) is 3.13. The van der Waals surface area contributed by atoms with E-state index in [4.69, 9.17) is 5.73 Å². The van der Waals surface area contributed by atoms with Crippen LogP contribution >= 0.6 is 11.3 Å². The number of rotatable bonds is 2. The summed E-state index contributed by atoms with van der Waals surface area (Å²) in [6.07, 6.45) is 1.64. The molecule has 21 heavy (non-hydrogen) atoms. The first-order chi connectivity index (χ1) is 10.1. The van der Waals surface area contributed by atoms with Gasteiger partial charge in [-0.15, -0.1) is 0 Å². The molecule has 0 bridgehead atoms. The van der Waals surface area contributed by atoms with E-state index in [-0.39, 0.29) is 5.91 Å². The largest absolute Gasteiger partial charge is 0.375 e. The number of carbonyl (C=O) groups is 1. The SMILES string of the molecule is CC(=O)N(C)c1ccnc(-c2cccc3nc(N)sc23)n1. The molecule has 0 aliphatic heterocycles. The van der Waals surface area contributed by atoms with E-state index in [0.717, 1.165) is 15.8 Å². The van der Waals surface area contributed by atoms with Crippen molar-refractivity contribution in [2.75, 3.05) is 17.7 Å². The molecule has 0 saturated carbocycles. The maximum atomic E-state index is 11.4. The van der Waals surface area contributed by atoms with Gasteiger partial charge in [0.1, 0.15) is 5.82 Å². The fourth-order valence-electron chi connectivity index (χ4n) is 1.97. The maximum absolute atomic E-state index is 11.4. The standard InChI is InChI=1S/C14H13N5OS/c1-8(20)19(2)11-6-7-16-13(18-11)9-4-3-5-10-12(9)21-14(15)17-10/h3-7H,1-2H3,(H2,15,17). The third-order valence-corrected chi connectivity index (χ3v) is 4.06. The molecule has 3 aromatic rings. The van der Waals surface area contributed by atoms with E-state index in [0.29, 0.717) is 16.8 Å². The number of hydrogen-bond donors (Lipinski definition) is 1. The molecule has 1 amide bonds. The fourth-order valence-corrected chi connectivity index (χ4v) is 2.81. The smallest absolute Gasteiger partial charge is 0.224 e. The highest BCUT2D eigenvalue weighted by molar-refractivity contribution is 7.22. The van der Waals surface area contributed by atoms with Gasteiger partial charge < -0.3 is 10.6 Å². The molecule has 0 saturated heterocycles. The monoisotopic (exact) mass is 299 g/mol. The van der Waals surface area contributed by atoms with Gasteiger partial charge in [0, 0.05) is 25.7 Å². The number of nitrogens with two attached hydrogens (primary N) is 1. The first-order valence-corrected chi connectivity index (χ1v) is 7.10. The second kappa shape index (κ2) is 5.10. The molecule has 0 atom stereocenters. The van der Waals surface area contributed by atoms with E-state index in [9.17, 15) is 4.79 Å². The van der Waals surface area contributed by atoms with Gasteiger partial charge in [0.15, 0.2) is 11.0 Å². The number of aromatic nitrogens is 3. The number of thiazole rings is 1. The summed E-state index contributed by atoms with van der Waals surface area (Å²) in [5, 5.41) is 0.509. The van der Waals surface area contributed by atoms with Crippen molar-refractivity contribution in [3.05, 3.63) is 30.5 Å². The molecular formula is C14H13N5OS. The van der Waals surface area contributed by atoms with Crippen molar-refractivity contribution >= 4 is 38.4 Å². The highest BCUT2D eigenvalue weighted by atomic mass is 32.1. The van der Waals surface area contributed by atoms with Gasteiger partial charge in [0.05, 0.1) is 10.2 Å². The molecule has 0 aliphatic rings. The van der Waals surface area contributed by atoms with E-state index < -0.39 is 0 Å². The second-order valence-electron chi connectivity index (χ2n) is 4.52. The van der Waals surface area contributed by atoms with Gasteiger partial charge >= 0.3 is 0 Å². The van der Waals surface area contributed by atoms with Gasteiger partial charge in [0.25, 0.3) is 0 Å². The number of fused-ring (bicyclic) bond motifs is 1. The lowest BCUT2D eigenvalue weighted by Gasteiger charge is -2.14. The van der Waals surface area contributed by atoms with Gasteiger partial charge in [-0.2, -0.15) is 0 Å². The summed E-state index contributed by atoms with van der Waals surface area (Å²) >= 11 is 1.40. The van der Waals surface area contributed by atoms with Crippen LogP contribution in [0.5, 0.6) is 0 Å². The second-order valence-corrected chi connectivity index (χ2v) is 5.55. The first-order valence-electron chi connectivity index (χ1n) is 6.29. The Morgan fingerprint density at radius 2 is 2.10 bits per heavy atom. The molecule has 0 spiro atoms. The van der Waals surface area contributed by atoms with Gasteiger partial charge in [-0.1, -0.05) is 17.4 Å². The van der Waals surface area contributed by atoms with Crippen molar-refractivity contribution in [2.45, 2.75) is 6.92 Å². The van der Waals surface area contributed by atoms with Crippen LogP contribution in [-0.2, 0) is 4.79 Å². The first kappa shape index (κ1) is 13.4. The Hall–Kier alpha value is -2.54. The van der Waals surface area contributed by atoms with Gasteiger partial charge in [-0.25, -0.2) is 15.0 Å². The average Bonchev–Trinajstić information content (AvgIpc) is 2.86. The Labute approximate surface area is 125 Å². The predicted molar refractivity (Wildman–Crippen MR) is 84.1 cm³/mol. The number of benzene rings is 1. The third kappa shape index (κ3) is 2.43. The predicted octanol–water partition coefficient (Wildman–Crippen LogP) is 2.32. The minimum absolute atomic E-state index is 0.0834. The van der Waals surface area contributed by atoms with Gasteiger partial charge in [-0.3, -0.25) is 4.79 Å². The van der Waals surface area contributed by atoms with E-state index in [2.05, 4.69) is 15.0 Å². The number of amides is 1. The van der Waals surface area contributed by atoms with Crippen molar-refractivity contribution in [1.82, 2.24) is 15.0 Å². The lowest BCUT2D eigenvalue weighted by atomic mass is 10.2. The van der Waals surface area contributed by atoms with Crippen molar-refractivity contribution in [3.8, 4) is 11.4 Å². The van der Waals surface area contributed by atoms with Crippen molar-refractivity contribution in [3.63, 3.8) is 0 Å². The van der Waals surface area contributed by atoms with E-state index >= 15 is 0 Å². The van der Waals surface area contributed by atoms with Crippen LogP contribution in [-0.4, -0.2) is 27.9 Å². The molecule has 2 N–H and O–H groups in total. The summed E-state index contributed by atoms with van der Waals surface area (Å²) in [6.45, 7) is 1.49. The topological polar surface area (TPSA) is 85.0 Å². The summed E-state index contributed by atoms with van der Waals surface area (Å²) in [4.78, 5) is 25.9. The van der Waals surface area contributed by atoms with Crippen LogP contribution in [0.15, 0.2) is 30.5 Å². The molecule has 3 rings (SSSR count). The molecule has 2 aromatic heterocycles. The summed E-state index contributed by atoms with van der Waals surface area (Å²) < 4.78 is 0.942. The normalized spacial score (nSPS) is 10.8. The average molecular weight is 299 g/mol. The molecule has 106 valence electrons. The Morgan fingerprint density at radius 3 is 2.86 bits per heavy atom. The summed E-state index contributed by atoms with van der Waals surface area (Å²) in [7, 11) is 1.68. The van der Waals surface area contributed by atoms with Crippen molar-refractivity contribution in [1.29, 1.82) is 0 Å². The lowest BCUT2D eigenvalue weighted by molar-refractivity contribution is -0.116. The molecule has 0 aliphatic carbocycles. The minimum atomic E-state index is -0.0834. The lowest BCUT2D eigenvalue weighted by Crippen LogP contribution is -2.24. The highest BCUT2D eigenvalue weighted by Gasteiger charge is 2.13. The molecular weight excluding hydrogens is 286 g/mol. The summed E-state index contributed by atoms with van der Waals surface area (Å²) in [6, 6.07) is 7.41. The maximum Gasteiger partial charge on any atom is 0.224 e. The van der Waals surface area contributed by atoms with Crippen molar-refractivity contribution in [2.24, 2.45) is 0 Å².